The van der Waals surface area contributed by atoms with Crippen LogP contribution in [0.3, 0.4) is 0 Å². The minimum absolute atomic E-state index is 0.0417. The summed E-state index contributed by atoms with van der Waals surface area (Å²) in [5.74, 6) is 0.133. The van der Waals surface area contributed by atoms with Crippen LogP contribution in [-0.4, -0.2) is 18.5 Å². The summed E-state index contributed by atoms with van der Waals surface area (Å²) in [5.41, 5.74) is 16.1. The molecule has 1 aliphatic rings. The van der Waals surface area contributed by atoms with E-state index in [1.807, 2.05) is 0 Å². The molecule has 1 aliphatic carbocycles. The van der Waals surface area contributed by atoms with Crippen LogP contribution in [-0.2, 0) is 0 Å². The van der Waals surface area contributed by atoms with Crippen molar-refractivity contribution in [2.75, 3.05) is 6.54 Å². The van der Waals surface area contributed by atoms with E-state index < -0.39 is 0 Å². The van der Waals surface area contributed by atoms with E-state index in [0.717, 1.165) is 6.54 Å². The van der Waals surface area contributed by atoms with Gasteiger partial charge in [0, 0.05) is 6.54 Å². The van der Waals surface area contributed by atoms with E-state index >= 15 is 0 Å². The monoisotopic (exact) mass is 183 g/mol. The molecule has 0 unspecified atom stereocenters. The number of guanidine groups is 2. The molecule has 0 amide bonds. The molecule has 5 heteroatoms. The molecule has 0 saturated heterocycles. The van der Waals surface area contributed by atoms with Crippen molar-refractivity contribution in [2.24, 2.45) is 32.6 Å². The summed E-state index contributed by atoms with van der Waals surface area (Å²) < 4.78 is 0. The minimum atomic E-state index is -0.0417. The highest BCUT2D eigenvalue weighted by Gasteiger charge is 2.31. The average molecular weight is 183 g/mol. The molecule has 0 atom stereocenters. The van der Waals surface area contributed by atoms with Gasteiger partial charge in [-0.05, 0) is 18.3 Å². The highest BCUT2D eigenvalue weighted by Crippen LogP contribution is 2.40. The molecule has 0 heterocycles. The van der Waals surface area contributed by atoms with Crippen LogP contribution in [0.4, 0.5) is 0 Å². The van der Waals surface area contributed by atoms with Gasteiger partial charge in [0.2, 0.25) is 5.96 Å². The lowest BCUT2D eigenvalue weighted by atomic mass is 9.71. The van der Waals surface area contributed by atoms with Gasteiger partial charge in [0.05, 0.1) is 0 Å². The van der Waals surface area contributed by atoms with Gasteiger partial charge >= 0.3 is 0 Å². The lowest BCUT2D eigenvalue weighted by Gasteiger charge is -2.36. The first kappa shape index (κ1) is 9.83. The molecule has 74 valence electrons. The van der Waals surface area contributed by atoms with Crippen molar-refractivity contribution < 1.29 is 0 Å². The van der Waals surface area contributed by atoms with Crippen molar-refractivity contribution >= 4 is 11.9 Å². The Kier molecular flexibility index (Phi) is 2.75. The molecule has 0 aromatic heterocycles. The van der Waals surface area contributed by atoms with E-state index in [-0.39, 0.29) is 11.9 Å². The summed E-state index contributed by atoms with van der Waals surface area (Å²) in [5, 5.41) is 0. The first-order valence-corrected chi connectivity index (χ1v) is 4.41. The zero-order valence-corrected chi connectivity index (χ0v) is 7.95. The Morgan fingerprint density at radius 1 is 1.31 bits per heavy atom. The van der Waals surface area contributed by atoms with Gasteiger partial charge in [0.1, 0.15) is 0 Å². The van der Waals surface area contributed by atoms with E-state index in [1.165, 1.54) is 19.3 Å². The van der Waals surface area contributed by atoms with Crippen molar-refractivity contribution in [1.82, 2.24) is 0 Å². The highest BCUT2D eigenvalue weighted by molar-refractivity contribution is 5.92. The number of rotatable bonds is 2. The fraction of sp³-hybridized carbons (Fsp3) is 0.750. The molecular formula is C8H17N5. The Morgan fingerprint density at radius 3 is 2.31 bits per heavy atom. The topological polar surface area (TPSA) is 103 Å². The Morgan fingerprint density at radius 2 is 1.92 bits per heavy atom. The normalized spacial score (nSPS) is 20.5. The van der Waals surface area contributed by atoms with Gasteiger partial charge in [-0.25, -0.2) is 0 Å². The van der Waals surface area contributed by atoms with E-state index in [4.69, 9.17) is 17.2 Å². The molecule has 13 heavy (non-hydrogen) atoms. The summed E-state index contributed by atoms with van der Waals surface area (Å²) in [4.78, 5) is 7.74. The quantitative estimate of drug-likeness (QED) is 0.406. The lowest BCUT2D eigenvalue weighted by molar-refractivity contribution is 0.174. The van der Waals surface area contributed by atoms with Gasteiger partial charge in [0.25, 0.3) is 0 Å². The standard InChI is InChI=1S/C8H17N5/c1-8(3-2-4-8)5-12-7(11)13-6(9)10/h2-5H2,1H3,(H6,9,10,11,12,13). The molecule has 6 N–H and O–H groups in total. The molecule has 1 fully saturated rings. The summed E-state index contributed by atoms with van der Waals surface area (Å²) >= 11 is 0. The van der Waals surface area contributed by atoms with Crippen LogP contribution in [0.2, 0.25) is 0 Å². The summed E-state index contributed by atoms with van der Waals surface area (Å²) in [6.07, 6.45) is 3.71. The van der Waals surface area contributed by atoms with E-state index in [0.29, 0.717) is 5.41 Å². The number of nitrogens with two attached hydrogens (primary N) is 3. The molecule has 5 nitrogen and oxygen atoms in total. The van der Waals surface area contributed by atoms with E-state index in [1.54, 1.807) is 0 Å². The fourth-order valence-electron chi connectivity index (χ4n) is 1.38. The Hall–Kier alpha value is -1.26. The summed E-state index contributed by atoms with van der Waals surface area (Å²) in [6.45, 7) is 2.92. The second-order valence-electron chi connectivity index (χ2n) is 3.88. The molecule has 0 radical (unpaired) electrons. The van der Waals surface area contributed by atoms with Gasteiger partial charge < -0.3 is 17.2 Å². The van der Waals surface area contributed by atoms with Crippen LogP contribution in [0.5, 0.6) is 0 Å². The minimum Gasteiger partial charge on any atom is -0.370 e. The SMILES string of the molecule is CC1(CN=C(N)N=C(N)N)CCC1. The third kappa shape index (κ3) is 2.93. The maximum atomic E-state index is 5.46. The van der Waals surface area contributed by atoms with Crippen molar-refractivity contribution in [3.8, 4) is 0 Å². The largest absolute Gasteiger partial charge is 0.370 e. The first-order valence-electron chi connectivity index (χ1n) is 4.41. The number of aliphatic imine (C=N–C) groups is 2. The van der Waals surface area contributed by atoms with Gasteiger partial charge in [0.15, 0.2) is 5.96 Å². The Bertz CT molecular complexity index is 235. The molecule has 0 bridgehead atoms. The number of hydrogen-bond acceptors (Lipinski definition) is 1. The zero-order valence-electron chi connectivity index (χ0n) is 7.95. The average Bonchev–Trinajstić information content (AvgIpc) is 1.96. The second kappa shape index (κ2) is 3.64. The maximum Gasteiger partial charge on any atom is 0.218 e. The van der Waals surface area contributed by atoms with Gasteiger partial charge in [-0.1, -0.05) is 13.3 Å². The summed E-state index contributed by atoms with van der Waals surface area (Å²) in [7, 11) is 0. The summed E-state index contributed by atoms with van der Waals surface area (Å²) in [6, 6.07) is 0. The third-order valence-electron chi connectivity index (χ3n) is 2.43. The van der Waals surface area contributed by atoms with E-state index in [2.05, 4.69) is 16.9 Å². The molecule has 0 aromatic carbocycles. The van der Waals surface area contributed by atoms with Crippen molar-refractivity contribution in [2.45, 2.75) is 26.2 Å². The van der Waals surface area contributed by atoms with Crippen LogP contribution in [0, 0.1) is 5.41 Å². The van der Waals surface area contributed by atoms with Gasteiger partial charge in [-0.3, -0.25) is 4.99 Å². The van der Waals surface area contributed by atoms with Crippen LogP contribution >= 0.6 is 0 Å². The molecule has 0 spiro atoms. The smallest absolute Gasteiger partial charge is 0.218 e. The van der Waals surface area contributed by atoms with Crippen LogP contribution in [0.1, 0.15) is 26.2 Å². The Balaban J connectivity index is 2.43. The molecule has 0 aromatic rings. The molecule has 1 rings (SSSR count). The van der Waals surface area contributed by atoms with Crippen molar-refractivity contribution in [3.63, 3.8) is 0 Å². The predicted octanol–water partition coefficient (Wildman–Crippen LogP) is -0.235. The zero-order chi connectivity index (χ0) is 9.90. The predicted molar refractivity (Wildman–Crippen MR) is 54.3 cm³/mol. The van der Waals surface area contributed by atoms with Crippen molar-refractivity contribution in [3.05, 3.63) is 0 Å². The fourth-order valence-corrected chi connectivity index (χ4v) is 1.38. The van der Waals surface area contributed by atoms with Gasteiger partial charge in [-0.15, -0.1) is 0 Å². The molecular weight excluding hydrogens is 166 g/mol. The van der Waals surface area contributed by atoms with E-state index in [9.17, 15) is 0 Å². The third-order valence-corrected chi connectivity index (χ3v) is 2.43. The molecule has 1 saturated carbocycles. The van der Waals surface area contributed by atoms with Crippen LogP contribution < -0.4 is 17.2 Å². The van der Waals surface area contributed by atoms with Crippen LogP contribution in [0.25, 0.3) is 0 Å². The lowest BCUT2D eigenvalue weighted by Crippen LogP contribution is -2.31. The Labute approximate surface area is 78.1 Å². The highest BCUT2D eigenvalue weighted by atomic mass is 15.1. The van der Waals surface area contributed by atoms with Crippen LogP contribution in [0.15, 0.2) is 9.98 Å². The second-order valence-corrected chi connectivity index (χ2v) is 3.88. The number of hydrogen-bond donors (Lipinski definition) is 3. The maximum absolute atomic E-state index is 5.46. The van der Waals surface area contributed by atoms with Crippen molar-refractivity contribution in [1.29, 1.82) is 0 Å². The molecule has 0 aliphatic heterocycles. The van der Waals surface area contributed by atoms with Gasteiger partial charge in [-0.2, -0.15) is 4.99 Å². The number of nitrogens with zero attached hydrogens (tertiary/aromatic N) is 2. The first-order chi connectivity index (χ1) is 6.02.